The number of aromatic hydroxyl groups is 1. The average Bonchev–Trinajstić information content (AvgIpc) is 2.35. The lowest BCUT2D eigenvalue weighted by molar-refractivity contribution is 0.128. The van der Waals surface area contributed by atoms with Gasteiger partial charge >= 0.3 is 0 Å². The highest BCUT2D eigenvalue weighted by Gasteiger charge is 2.18. The zero-order valence-electron chi connectivity index (χ0n) is 11.3. The van der Waals surface area contributed by atoms with Gasteiger partial charge in [-0.2, -0.15) is 0 Å². The Kier molecular flexibility index (Phi) is 5.44. The fourth-order valence-electron chi connectivity index (χ4n) is 1.81. The molecule has 0 spiro atoms. The molecule has 4 heteroatoms. The summed E-state index contributed by atoms with van der Waals surface area (Å²) < 4.78 is 5.03. The van der Waals surface area contributed by atoms with Crippen molar-refractivity contribution < 1.29 is 14.9 Å². The van der Waals surface area contributed by atoms with E-state index in [4.69, 9.17) is 10.5 Å². The maximum Gasteiger partial charge on any atom is 0.160 e. The third-order valence-corrected chi connectivity index (χ3v) is 3.04. The SMILES string of the molecule is COc1cc([C@@H](N)[C@@H](O)CCC(C)C)ccc1O. The minimum atomic E-state index is -0.582. The van der Waals surface area contributed by atoms with Gasteiger partial charge in [-0.15, -0.1) is 0 Å². The van der Waals surface area contributed by atoms with E-state index >= 15 is 0 Å². The largest absolute Gasteiger partial charge is 0.504 e. The van der Waals surface area contributed by atoms with Crippen LogP contribution < -0.4 is 10.5 Å². The maximum absolute atomic E-state index is 10.0. The van der Waals surface area contributed by atoms with Gasteiger partial charge in [0.05, 0.1) is 19.3 Å². The van der Waals surface area contributed by atoms with Crippen LogP contribution in [0.1, 0.15) is 38.3 Å². The van der Waals surface area contributed by atoms with Crippen LogP contribution in [0.4, 0.5) is 0 Å². The van der Waals surface area contributed by atoms with Gasteiger partial charge in [0.2, 0.25) is 0 Å². The molecule has 0 aliphatic rings. The van der Waals surface area contributed by atoms with E-state index in [1.165, 1.54) is 13.2 Å². The third kappa shape index (κ3) is 3.89. The molecule has 0 saturated carbocycles. The zero-order valence-corrected chi connectivity index (χ0v) is 11.3. The van der Waals surface area contributed by atoms with Gasteiger partial charge in [0.15, 0.2) is 11.5 Å². The smallest absolute Gasteiger partial charge is 0.160 e. The lowest BCUT2D eigenvalue weighted by atomic mass is 9.96. The molecule has 0 aromatic heterocycles. The highest BCUT2D eigenvalue weighted by Crippen LogP contribution is 2.30. The normalized spacial score (nSPS) is 14.6. The minimum Gasteiger partial charge on any atom is -0.504 e. The average molecular weight is 253 g/mol. The van der Waals surface area contributed by atoms with E-state index in [0.717, 1.165) is 12.0 Å². The van der Waals surface area contributed by atoms with Crippen LogP contribution >= 0.6 is 0 Å². The molecular formula is C14H23NO3. The molecule has 4 nitrogen and oxygen atoms in total. The summed E-state index contributed by atoms with van der Waals surface area (Å²) in [4.78, 5) is 0. The quantitative estimate of drug-likeness (QED) is 0.726. The first-order valence-corrected chi connectivity index (χ1v) is 6.26. The van der Waals surface area contributed by atoms with Crippen molar-refractivity contribution in [3.63, 3.8) is 0 Å². The molecule has 1 rings (SSSR count). The Morgan fingerprint density at radius 1 is 1.28 bits per heavy atom. The Labute approximate surface area is 108 Å². The van der Waals surface area contributed by atoms with Gasteiger partial charge in [-0.25, -0.2) is 0 Å². The van der Waals surface area contributed by atoms with Crippen LogP contribution in [0.2, 0.25) is 0 Å². The second-order valence-electron chi connectivity index (χ2n) is 5.00. The van der Waals surface area contributed by atoms with Crippen LogP contribution in [0.5, 0.6) is 11.5 Å². The number of hydrogen-bond acceptors (Lipinski definition) is 4. The predicted octanol–water partition coefficient (Wildman–Crippen LogP) is 2.20. The molecule has 0 aliphatic heterocycles. The van der Waals surface area contributed by atoms with Crippen molar-refractivity contribution in [3.8, 4) is 11.5 Å². The molecule has 0 radical (unpaired) electrons. The summed E-state index contributed by atoms with van der Waals surface area (Å²) in [5.74, 6) is 0.991. The van der Waals surface area contributed by atoms with Gasteiger partial charge in [-0.1, -0.05) is 19.9 Å². The second kappa shape index (κ2) is 6.61. The van der Waals surface area contributed by atoms with E-state index in [-0.39, 0.29) is 5.75 Å². The van der Waals surface area contributed by atoms with Gasteiger partial charge in [-0.3, -0.25) is 0 Å². The molecule has 102 valence electrons. The van der Waals surface area contributed by atoms with Crippen molar-refractivity contribution >= 4 is 0 Å². The first kappa shape index (κ1) is 14.8. The first-order valence-electron chi connectivity index (χ1n) is 6.26. The summed E-state index contributed by atoms with van der Waals surface area (Å²) in [6, 6.07) is 4.45. The molecule has 0 fully saturated rings. The molecule has 1 aromatic rings. The van der Waals surface area contributed by atoms with Crippen molar-refractivity contribution in [2.75, 3.05) is 7.11 Å². The Bertz CT molecular complexity index is 379. The van der Waals surface area contributed by atoms with Gasteiger partial charge < -0.3 is 20.7 Å². The summed E-state index contributed by atoms with van der Waals surface area (Å²) in [5, 5.41) is 19.5. The summed E-state index contributed by atoms with van der Waals surface area (Å²) >= 11 is 0. The maximum atomic E-state index is 10.0. The molecule has 0 heterocycles. The van der Waals surface area contributed by atoms with Gasteiger partial charge in [0, 0.05) is 0 Å². The molecule has 0 amide bonds. The summed E-state index contributed by atoms with van der Waals surface area (Å²) in [6.07, 6.45) is 1.02. The summed E-state index contributed by atoms with van der Waals surface area (Å²) in [5.41, 5.74) is 6.78. The summed E-state index contributed by atoms with van der Waals surface area (Å²) in [7, 11) is 1.49. The number of aliphatic hydroxyl groups excluding tert-OH is 1. The number of phenolic OH excluding ortho intramolecular Hbond substituents is 1. The topological polar surface area (TPSA) is 75.7 Å². The standard InChI is InChI=1S/C14H23NO3/c1-9(2)4-6-12(17)14(15)10-5-7-11(16)13(8-10)18-3/h5,7-9,12,14,16-17H,4,6,15H2,1-3H3/t12-,14+/m0/s1. The zero-order chi connectivity index (χ0) is 13.7. The Morgan fingerprint density at radius 3 is 2.50 bits per heavy atom. The van der Waals surface area contributed by atoms with Crippen LogP contribution in [-0.4, -0.2) is 23.4 Å². The minimum absolute atomic E-state index is 0.0742. The van der Waals surface area contributed by atoms with E-state index in [0.29, 0.717) is 18.1 Å². The molecule has 18 heavy (non-hydrogen) atoms. The number of phenols is 1. The van der Waals surface area contributed by atoms with Gasteiger partial charge in [0.1, 0.15) is 0 Å². The van der Waals surface area contributed by atoms with Crippen LogP contribution in [0.3, 0.4) is 0 Å². The molecule has 0 saturated heterocycles. The Morgan fingerprint density at radius 2 is 1.94 bits per heavy atom. The molecule has 0 bridgehead atoms. The van der Waals surface area contributed by atoms with Crippen molar-refractivity contribution in [3.05, 3.63) is 23.8 Å². The second-order valence-corrected chi connectivity index (χ2v) is 5.00. The number of hydrogen-bond donors (Lipinski definition) is 3. The Hall–Kier alpha value is -1.26. The van der Waals surface area contributed by atoms with Crippen LogP contribution in [0, 0.1) is 5.92 Å². The number of rotatable bonds is 6. The highest BCUT2D eigenvalue weighted by molar-refractivity contribution is 5.42. The van der Waals surface area contributed by atoms with Crippen LogP contribution in [0.25, 0.3) is 0 Å². The van der Waals surface area contributed by atoms with Gasteiger partial charge in [-0.05, 0) is 36.5 Å². The van der Waals surface area contributed by atoms with Gasteiger partial charge in [0.25, 0.3) is 0 Å². The molecule has 0 unspecified atom stereocenters. The van der Waals surface area contributed by atoms with E-state index in [2.05, 4.69) is 13.8 Å². The van der Waals surface area contributed by atoms with E-state index in [9.17, 15) is 10.2 Å². The number of nitrogens with two attached hydrogens (primary N) is 1. The lowest BCUT2D eigenvalue weighted by Crippen LogP contribution is -2.26. The van der Waals surface area contributed by atoms with E-state index in [1.807, 2.05) is 0 Å². The monoisotopic (exact) mass is 253 g/mol. The molecule has 2 atom stereocenters. The molecule has 4 N–H and O–H groups in total. The first-order chi connectivity index (χ1) is 8.45. The lowest BCUT2D eigenvalue weighted by Gasteiger charge is -2.20. The Balaban J connectivity index is 2.73. The molecule has 0 aliphatic carbocycles. The number of ether oxygens (including phenoxy) is 1. The number of methoxy groups -OCH3 is 1. The highest BCUT2D eigenvalue weighted by atomic mass is 16.5. The fourth-order valence-corrected chi connectivity index (χ4v) is 1.81. The van der Waals surface area contributed by atoms with Crippen molar-refractivity contribution in [1.29, 1.82) is 0 Å². The molecular weight excluding hydrogens is 230 g/mol. The van der Waals surface area contributed by atoms with Crippen LogP contribution in [0.15, 0.2) is 18.2 Å². The van der Waals surface area contributed by atoms with Crippen molar-refractivity contribution in [1.82, 2.24) is 0 Å². The van der Waals surface area contributed by atoms with E-state index in [1.54, 1.807) is 12.1 Å². The van der Waals surface area contributed by atoms with Crippen LogP contribution in [-0.2, 0) is 0 Å². The van der Waals surface area contributed by atoms with E-state index < -0.39 is 12.1 Å². The predicted molar refractivity (Wildman–Crippen MR) is 71.7 cm³/mol. The fraction of sp³-hybridized carbons (Fsp3) is 0.571. The molecule has 1 aromatic carbocycles. The number of benzene rings is 1. The van der Waals surface area contributed by atoms with Crippen molar-refractivity contribution in [2.45, 2.75) is 38.8 Å². The summed E-state index contributed by atoms with van der Waals surface area (Å²) in [6.45, 7) is 4.23. The third-order valence-electron chi connectivity index (χ3n) is 3.04. The van der Waals surface area contributed by atoms with Crippen molar-refractivity contribution in [2.24, 2.45) is 11.7 Å². The number of aliphatic hydroxyl groups is 1.